The molecule has 5 nitrogen and oxygen atoms in total. The molecule has 0 bridgehead atoms. The van der Waals surface area contributed by atoms with E-state index in [0.717, 1.165) is 58.3 Å². The summed E-state index contributed by atoms with van der Waals surface area (Å²) in [5, 5.41) is 6.20. The first-order valence-corrected chi connectivity index (χ1v) is 14.0. The second-order valence-corrected chi connectivity index (χ2v) is 11.3. The largest absolute Gasteiger partial charge is 0.350 e. The number of hydrogen-bond acceptors (Lipinski definition) is 4. The number of nitrogens with zero attached hydrogens (tertiary/aromatic N) is 2. The van der Waals surface area contributed by atoms with E-state index < -0.39 is 0 Å². The second-order valence-electron chi connectivity index (χ2n) is 10.3. The minimum Gasteiger partial charge on any atom is -0.350 e. The summed E-state index contributed by atoms with van der Waals surface area (Å²) in [6.07, 6.45) is 5.20. The fourth-order valence-corrected chi connectivity index (χ4v) is 6.54. The number of piperidine rings is 1. The van der Waals surface area contributed by atoms with E-state index in [-0.39, 0.29) is 17.9 Å². The first-order valence-electron chi connectivity index (χ1n) is 13.2. The maximum Gasteiger partial charge on any atom is 0.274 e. The summed E-state index contributed by atoms with van der Waals surface area (Å²) in [4.78, 5) is 35.0. The molecule has 1 saturated carbocycles. The highest BCUT2D eigenvalue weighted by atomic mass is 32.1. The van der Waals surface area contributed by atoms with E-state index in [1.807, 2.05) is 53.4 Å². The average Bonchev–Trinajstić information content (AvgIpc) is 3.69. The molecule has 2 aliphatic rings. The Morgan fingerprint density at radius 3 is 2.65 bits per heavy atom. The third-order valence-corrected chi connectivity index (χ3v) is 8.74. The number of benzene rings is 3. The summed E-state index contributed by atoms with van der Waals surface area (Å²) in [5.74, 6) is 0.385. The molecule has 1 aliphatic carbocycles. The Balaban J connectivity index is 1.24. The molecular formula is C31H31N3O2S. The van der Waals surface area contributed by atoms with Gasteiger partial charge >= 0.3 is 0 Å². The number of fused-ring (bicyclic) bond motifs is 1. The number of thiazole rings is 1. The lowest BCUT2D eigenvalue weighted by Crippen LogP contribution is -2.49. The second kappa shape index (κ2) is 10.1. The highest BCUT2D eigenvalue weighted by Crippen LogP contribution is 2.45. The number of rotatable bonds is 6. The summed E-state index contributed by atoms with van der Waals surface area (Å²) in [5.41, 5.74) is 3.47. The molecule has 188 valence electrons. The van der Waals surface area contributed by atoms with Crippen LogP contribution in [0.15, 0.2) is 66.7 Å². The third kappa shape index (κ3) is 4.90. The lowest BCUT2D eigenvalue weighted by atomic mass is 10.00. The van der Waals surface area contributed by atoms with Gasteiger partial charge in [0.15, 0.2) is 0 Å². The van der Waals surface area contributed by atoms with E-state index in [9.17, 15) is 9.59 Å². The Hall–Kier alpha value is -3.51. The van der Waals surface area contributed by atoms with Crippen LogP contribution in [0, 0.1) is 6.92 Å². The first-order chi connectivity index (χ1) is 18.1. The topological polar surface area (TPSA) is 62.3 Å². The van der Waals surface area contributed by atoms with Gasteiger partial charge in [-0.25, -0.2) is 4.98 Å². The van der Waals surface area contributed by atoms with Gasteiger partial charge in [-0.05, 0) is 61.4 Å². The van der Waals surface area contributed by atoms with Gasteiger partial charge in [-0.3, -0.25) is 9.59 Å². The molecule has 0 spiro atoms. The zero-order chi connectivity index (χ0) is 25.4. The van der Waals surface area contributed by atoms with Crippen LogP contribution in [0.5, 0.6) is 0 Å². The lowest BCUT2D eigenvalue weighted by molar-refractivity contribution is 0.0598. The van der Waals surface area contributed by atoms with E-state index >= 15 is 0 Å². The van der Waals surface area contributed by atoms with E-state index in [0.29, 0.717) is 30.3 Å². The fourth-order valence-electron chi connectivity index (χ4n) is 5.31. The van der Waals surface area contributed by atoms with Crippen LogP contribution in [0.1, 0.15) is 69.4 Å². The molecular weight excluding hydrogens is 478 g/mol. The zero-order valence-electron chi connectivity index (χ0n) is 21.1. The number of carbonyl (C=O) groups is 2. The van der Waals surface area contributed by atoms with Crippen molar-refractivity contribution in [3.8, 4) is 10.4 Å². The predicted octanol–water partition coefficient (Wildman–Crippen LogP) is 6.57. The molecule has 3 aromatic carbocycles. The molecule has 1 N–H and O–H groups in total. The SMILES string of the molecule is Cc1cccc(-c2sc(C3CC3)nc2C(=O)N2CCCC[C@H]2CNC(=O)c2cccc3ccccc23)c1. The Morgan fingerprint density at radius 1 is 1.00 bits per heavy atom. The zero-order valence-corrected chi connectivity index (χ0v) is 21.9. The van der Waals surface area contributed by atoms with E-state index in [1.165, 1.54) is 5.56 Å². The third-order valence-electron chi connectivity index (χ3n) is 7.47. The van der Waals surface area contributed by atoms with Gasteiger partial charge in [-0.15, -0.1) is 11.3 Å². The Kier molecular flexibility index (Phi) is 6.51. The molecule has 6 heteroatoms. The molecule has 4 aromatic rings. The van der Waals surface area contributed by atoms with Gasteiger partial charge in [0.25, 0.3) is 11.8 Å². The molecule has 2 fully saturated rings. The molecule has 1 saturated heterocycles. The predicted molar refractivity (Wildman–Crippen MR) is 149 cm³/mol. The number of hydrogen-bond donors (Lipinski definition) is 1. The van der Waals surface area contributed by atoms with Crippen molar-refractivity contribution in [1.82, 2.24) is 15.2 Å². The van der Waals surface area contributed by atoms with Crippen molar-refractivity contribution in [1.29, 1.82) is 0 Å². The molecule has 6 rings (SSSR count). The number of likely N-dealkylation sites (tertiary alicyclic amines) is 1. The van der Waals surface area contributed by atoms with Gasteiger partial charge in [0, 0.05) is 30.6 Å². The highest BCUT2D eigenvalue weighted by molar-refractivity contribution is 7.15. The minimum atomic E-state index is -0.0973. The quantitative estimate of drug-likeness (QED) is 0.320. The standard InChI is InChI=1S/C31H31N3O2S/c1-20-8-6-11-23(18-20)28-27(33-30(37-28)22-15-16-22)31(36)34-17-5-4-12-24(34)19-32-29(35)26-14-7-10-21-9-2-3-13-25(21)26/h2-3,6-11,13-14,18,22,24H,4-5,12,15-17,19H2,1H3,(H,32,35)/t24-/m0/s1. The summed E-state index contributed by atoms with van der Waals surface area (Å²) < 4.78 is 0. The van der Waals surface area contributed by atoms with E-state index in [4.69, 9.17) is 4.98 Å². The normalized spacial score (nSPS) is 17.6. The van der Waals surface area contributed by atoms with Crippen molar-refractivity contribution < 1.29 is 9.59 Å². The van der Waals surface area contributed by atoms with Crippen molar-refractivity contribution in [3.05, 3.63) is 88.6 Å². The van der Waals surface area contributed by atoms with Crippen LogP contribution in [0.25, 0.3) is 21.2 Å². The maximum atomic E-state index is 14.0. The van der Waals surface area contributed by atoms with E-state index in [2.05, 4.69) is 30.4 Å². The number of carbonyl (C=O) groups excluding carboxylic acids is 2. The van der Waals surface area contributed by atoms with Gasteiger partial charge in [0.2, 0.25) is 0 Å². The number of nitrogens with one attached hydrogen (secondary N) is 1. The van der Waals surface area contributed by atoms with Crippen molar-refractivity contribution >= 4 is 33.9 Å². The van der Waals surface area contributed by atoms with Crippen LogP contribution in [0.2, 0.25) is 0 Å². The molecule has 2 heterocycles. The van der Waals surface area contributed by atoms with Gasteiger partial charge in [0.1, 0.15) is 5.69 Å². The molecule has 37 heavy (non-hydrogen) atoms. The maximum absolute atomic E-state index is 14.0. The van der Waals surface area contributed by atoms with Crippen molar-refractivity contribution in [2.75, 3.05) is 13.1 Å². The van der Waals surface area contributed by atoms with Crippen molar-refractivity contribution in [3.63, 3.8) is 0 Å². The average molecular weight is 510 g/mol. The van der Waals surface area contributed by atoms with Gasteiger partial charge < -0.3 is 10.2 Å². The van der Waals surface area contributed by atoms with Crippen LogP contribution in [0.4, 0.5) is 0 Å². The first kappa shape index (κ1) is 23.9. The Labute approximate surface area is 221 Å². The van der Waals surface area contributed by atoms with Crippen LogP contribution in [0.3, 0.4) is 0 Å². The van der Waals surface area contributed by atoms with Gasteiger partial charge in [-0.2, -0.15) is 0 Å². The van der Waals surface area contributed by atoms with Crippen LogP contribution < -0.4 is 5.32 Å². The van der Waals surface area contributed by atoms with Crippen molar-refractivity contribution in [2.45, 2.75) is 51.0 Å². The van der Waals surface area contributed by atoms with Gasteiger partial charge in [0.05, 0.1) is 9.88 Å². The summed E-state index contributed by atoms with van der Waals surface area (Å²) in [7, 11) is 0. The van der Waals surface area contributed by atoms with E-state index in [1.54, 1.807) is 11.3 Å². The summed E-state index contributed by atoms with van der Waals surface area (Å²) in [6, 6.07) is 22.0. The molecule has 2 amide bonds. The van der Waals surface area contributed by atoms with Crippen LogP contribution >= 0.6 is 11.3 Å². The molecule has 1 aliphatic heterocycles. The molecule has 0 radical (unpaired) electrons. The van der Waals surface area contributed by atoms with Crippen LogP contribution in [-0.2, 0) is 0 Å². The fraction of sp³-hybridized carbons (Fsp3) is 0.323. The Morgan fingerprint density at radius 2 is 1.81 bits per heavy atom. The smallest absolute Gasteiger partial charge is 0.274 e. The number of aromatic nitrogens is 1. The number of aryl methyl sites for hydroxylation is 1. The highest BCUT2D eigenvalue weighted by Gasteiger charge is 2.34. The summed E-state index contributed by atoms with van der Waals surface area (Å²) >= 11 is 1.67. The number of amides is 2. The van der Waals surface area contributed by atoms with Crippen molar-refractivity contribution in [2.24, 2.45) is 0 Å². The van der Waals surface area contributed by atoms with Gasteiger partial charge in [-0.1, -0.05) is 66.2 Å². The van der Waals surface area contributed by atoms with Crippen LogP contribution in [-0.4, -0.2) is 40.8 Å². The lowest BCUT2D eigenvalue weighted by Gasteiger charge is -2.35. The monoisotopic (exact) mass is 509 g/mol. The molecule has 1 aromatic heterocycles. The molecule has 0 unspecified atom stereocenters. The Bertz CT molecular complexity index is 1470. The molecule has 1 atom stereocenters. The summed E-state index contributed by atoms with van der Waals surface area (Å²) in [6.45, 7) is 3.21. The minimum absolute atomic E-state index is 0.0104.